The minimum atomic E-state index is 0.538. The van der Waals surface area contributed by atoms with Gasteiger partial charge in [0.05, 0.1) is 18.1 Å². The Kier molecular flexibility index (Phi) is 5.48. The van der Waals surface area contributed by atoms with Gasteiger partial charge in [-0.05, 0) is 33.0 Å². The second kappa shape index (κ2) is 7.14. The number of benzene rings is 1. The van der Waals surface area contributed by atoms with Crippen LogP contribution < -0.4 is 4.74 Å². The summed E-state index contributed by atoms with van der Waals surface area (Å²) in [5.41, 5.74) is 2.12. The number of imidazole rings is 1. The molecule has 0 N–H and O–H groups in total. The molecule has 21 heavy (non-hydrogen) atoms. The first-order chi connectivity index (χ1) is 10.1. The zero-order valence-electron chi connectivity index (χ0n) is 13.3. The molecule has 0 fully saturated rings. The lowest BCUT2D eigenvalue weighted by atomic mass is 10.3. The maximum absolute atomic E-state index is 5.92. The lowest BCUT2D eigenvalue weighted by molar-refractivity contribution is 0.263. The number of alkyl halides is 1. The van der Waals surface area contributed by atoms with Gasteiger partial charge in [0, 0.05) is 37.5 Å². The standard InChI is InChI=1S/C16H24ClN3O/c1-12(2)19(3)9-10-20-15-6-5-13(21-4)11-14(15)18-16(20)7-8-17/h5-6,11-12H,7-10H2,1-4H3. The molecule has 1 aromatic heterocycles. The smallest absolute Gasteiger partial charge is 0.121 e. The molecular weight excluding hydrogens is 286 g/mol. The number of fused-ring (bicyclic) bond motifs is 1. The third-order valence-electron chi connectivity index (χ3n) is 3.91. The van der Waals surface area contributed by atoms with Crippen molar-refractivity contribution in [3.63, 3.8) is 0 Å². The van der Waals surface area contributed by atoms with Crippen molar-refractivity contribution in [3.8, 4) is 5.75 Å². The first-order valence-electron chi connectivity index (χ1n) is 7.36. The molecule has 0 unspecified atom stereocenters. The Hall–Kier alpha value is -1.26. The molecule has 0 aliphatic carbocycles. The predicted molar refractivity (Wildman–Crippen MR) is 88.5 cm³/mol. The van der Waals surface area contributed by atoms with E-state index in [2.05, 4.69) is 36.4 Å². The van der Waals surface area contributed by atoms with Crippen molar-refractivity contribution < 1.29 is 4.74 Å². The number of rotatable bonds is 7. The van der Waals surface area contributed by atoms with Crippen molar-refractivity contribution in [1.29, 1.82) is 0 Å². The van der Waals surface area contributed by atoms with Crippen molar-refractivity contribution in [3.05, 3.63) is 24.0 Å². The van der Waals surface area contributed by atoms with Gasteiger partial charge in [0.25, 0.3) is 0 Å². The third-order valence-corrected chi connectivity index (χ3v) is 4.10. The number of aromatic nitrogens is 2. The Bertz CT molecular complexity index is 594. The highest BCUT2D eigenvalue weighted by molar-refractivity contribution is 6.17. The summed E-state index contributed by atoms with van der Waals surface area (Å²) < 4.78 is 7.55. The van der Waals surface area contributed by atoms with Crippen molar-refractivity contribution in [2.45, 2.75) is 32.9 Å². The largest absolute Gasteiger partial charge is 0.497 e. The minimum Gasteiger partial charge on any atom is -0.497 e. The number of halogens is 1. The van der Waals surface area contributed by atoms with E-state index in [-0.39, 0.29) is 0 Å². The van der Waals surface area contributed by atoms with E-state index < -0.39 is 0 Å². The quantitative estimate of drug-likeness (QED) is 0.736. The molecule has 0 saturated heterocycles. The highest BCUT2D eigenvalue weighted by Gasteiger charge is 2.12. The predicted octanol–water partition coefficient (Wildman–Crippen LogP) is 3.17. The summed E-state index contributed by atoms with van der Waals surface area (Å²) in [5.74, 6) is 2.47. The molecule has 0 aliphatic rings. The van der Waals surface area contributed by atoms with Crippen LogP contribution in [0.1, 0.15) is 19.7 Å². The third kappa shape index (κ3) is 3.69. The van der Waals surface area contributed by atoms with Crippen LogP contribution in [0.15, 0.2) is 18.2 Å². The van der Waals surface area contributed by atoms with Crippen LogP contribution in [0.25, 0.3) is 11.0 Å². The lowest BCUT2D eigenvalue weighted by Gasteiger charge is -2.21. The average Bonchev–Trinajstić information content (AvgIpc) is 2.81. The molecule has 0 atom stereocenters. The Balaban J connectivity index is 2.32. The molecule has 0 saturated carbocycles. The molecule has 1 heterocycles. The number of nitrogens with zero attached hydrogens (tertiary/aromatic N) is 3. The van der Waals surface area contributed by atoms with Gasteiger partial charge < -0.3 is 14.2 Å². The fourth-order valence-corrected chi connectivity index (χ4v) is 2.50. The van der Waals surface area contributed by atoms with E-state index in [0.29, 0.717) is 11.9 Å². The van der Waals surface area contributed by atoms with E-state index in [1.54, 1.807) is 7.11 Å². The van der Waals surface area contributed by atoms with Crippen LogP contribution in [0.4, 0.5) is 0 Å². The van der Waals surface area contributed by atoms with E-state index in [1.165, 1.54) is 0 Å². The van der Waals surface area contributed by atoms with Crippen LogP contribution in [0.2, 0.25) is 0 Å². The summed E-state index contributed by atoms with van der Waals surface area (Å²) in [6.07, 6.45) is 0.782. The number of hydrogen-bond acceptors (Lipinski definition) is 3. The maximum Gasteiger partial charge on any atom is 0.121 e. The molecular formula is C16H24ClN3O. The van der Waals surface area contributed by atoms with E-state index >= 15 is 0 Å². The van der Waals surface area contributed by atoms with Gasteiger partial charge in [-0.25, -0.2) is 4.98 Å². The average molecular weight is 310 g/mol. The van der Waals surface area contributed by atoms with Gasteiger partial charge in [-0.15, -0.1) is 11.6 Å². The molecule has 2 rings (SSSR count). The van der Waals surface area contributed by atoms with Gasteiger partial charge in [-0.1, -0.05) is 0 Å². The van der Waals surface area contributed by atoms with Gasteiger partial charge in [-0.2, -0.15) is 0 Å². The minimum absolute atomic E-state index is 0.538. The van der Waals surface area contributed by atoms with Crippen LogP contribution in [0, 0.1) is 0 Å². The molecule has 0 radical (unpaired) electrons. The molecule has 116 valence electrons. The number of ether oxygens (including phenoxy) is 1. The van der Waals surface area contributed by atoms with Crippen molar-refractivity contribution in [2.75, 3.05) is 26.6 Å². The molecule has 0 bridgehead atoms. The zero-order chi connectivity index (χ0) is 15.4. The van der Waals surface area contributed by atoms with Crippen molar-refractivity contribution in [2.24, 2.45) is 0 Å². The van der Waals surface area contributed by atoms with E-state index in [4.69, 9.17) is 21.3 Å². The first kappa shape index (κ1) is 16.1. The molecule has 5 heteroatoms. The Labute approximate surface area is 131 Å². The summed E-state index contributed by atoms with van der Waals surface area (Å²) in [6, 6.07) is 6.58. The topological polar surface area (TPSA) is 30.3 Å². The van der Waals surface area contributed by atoms with Gasteiger partial charge in [0.15, 0.2) is 0 Å². The van der Waals surface area contributed by atoms with Crippen LogP contribution >= 0.6 is 11.6 Å². The summed E-state index contributed by atoms with van der Waals surface area (Å²) in [7, 11) is 3.82. The van der Waals surface area contributed by atoms with Gasteiger partial charge >= 0.3 is 0 Å². The van der Waals surface area contributed by atoms with E-state index in [0.717, 1.165) is 42.1 Å². The monoisotopic (exact) mass is 309 g/mol. The van der Waals surface area contributed by atoms with Crippen molar-refractivity contribution in [1.82, 2.24) is 14.5 Å². The lowest BCUT2D eigenvalue weighted by Crippen LogP contribution is -2.30. The zero-order valence-corrected chi connectivity index (χ0v) is 14.0. The number of methoxy groups -OCH3 is 1. The first-order valence-corrected chi connectivity index (χ1v) is 7.89. The Morgan fingerprint density at radius 3 is 2.76 bits per heavy atom. The highest BCUT2D eigenvalue weighted by atomic mass is 35.5. The van der Waals surface area contributed by atoms with Crippen LogP contribution in [-0.4, -0.2) is 47.1 Å². The fraction of sp³-hybridized carbons (Fsp3) is 0.562. The Morgan fingerprint density at radius 1 is 1.38 bits per heavy atom. The molecule has 0 amide bonds. The molecule has 1 aromatic carbocycles. The van der Waals surface area contributed by atoms with Crippen molar-refractivity contribution >= 4 is 22.6 Å². The number of aryl methyl sites for hydroxylation is 1. The molecule has 2 aromatic rings. The molecule has 4 nitrogen and oxygen atoms in total. The van der Waals surface area contributed by atoms with Crippen LogP contribution in [-0.2, 0) is 13.0 Å². The van der Waals surface area contributed by atoms with Crippen LogP contribution in [0.5, 0.6) is 5.75 Å². The van der Waals surface area contributed by atoms with E-state index in [1.807, 2.05) is 12.1 Å². The fourth-order valence-electron chi connectivity index (χ4n) is 2.33. The summed E-state index contributed by atoms with van der Waals surface area (Å²) >= 11 is 5.92. The van der Waals surface area contributed by atoms with E-state index in [9.17, 15) is 0 Å². The van der Waals surface area contributed by atoms with Crippen LogP contribution in [0.3, 0.4) is 0 Å². The SMILES string of the molecule is COc1ccc2c(c1)nc(CCCl)n2CCN(C)C(C)C. The highest BCUT2D eigenvalue weighted by Crippen LogP contribution is 2.22. The summed E-state index contributed by atoms with van der Waals surface area (Å²) in [6.45, 7) is 6.32. The summed E-state index contributed by atoms with van der Waals surface area (Å²) in [4.78, 5) is 7.05. The van der Waals surface area contributed by atoms with Gasteiger partial charge in [-0.3, -0.25) is 0 Å². The number of hydrogen-bond donors (Lipinski definition) is 0. The molecule has 0 spiro atoms. The Morgan fingerprint density at radius 2 is 2.14 bits per heavy atom. The van der Waals surface area contributed by atoms with Gasteiger partial charge in [0.2, 0.25) is 0 Å². The molecule has 0 aliphatic heterocycles. The second-order valence-electron chi connectivity index (χ2n) is 5.55. The summed E-state index contributed by atoms with van der Waals surface area (Å²) in [5, 5.41) is 0. The normalized spacial score (nSPS) is 11.8. The maximum atomic E-state index is 5.92. The second-order valence-corrected chi connectivity index (χ2v) is 5.93. The van der Waals surface area contributed by atoms with Gasteiger partial charge in [0.1, 0.15) is 11.6 Å². The number of likely N-dealkylation sites (N-methyl/N-ethyl adjacent to an activating group) is 1.